The van der Waals surface area contributed by atoms with Crippen LogP contribution in [0.25, 0.3) is 0 Å². The van der Waals surface area contributed by atoms with Gasteiger partial charge in [-0.05, 0) is 73.9 Å². The van der Waals surface area contributed by atoms with Crippen LogP contribution in [0.2, 0.25) is 0 Å². The largest absolute Gasteiger partial charge is 0.497 e. The number of hydrogen-bond donors (Lipinski definition) is 2. The highest BCUT2D eigenvalue weighted by atomic mass is 19.2. The monoisotopic (exact) mass is 506 g/mol. The molecule has 0 spiro atoms. The molecule has 0 bridgehead atoms. The molecule has 4 rings (SSSR count). The van der Waals surface area contributed by atoms with Gasteiger partial charge in [-0.3, -0.25) is 9.59 Å². The van der Waals surface area contributed by atoms with Crippen LogP contribution in [0.3, 0.4) is 0 Å². The van der Waals surface area contributed by atoms with E-state index in [1.54, 1.807) is 33.9 Å². The first-order valence-electron chi connectivity index (χ1n) is 11.8. The van der Waals surface area contributed by atoms with Gasteiger partial charge in [0.05, 0.1) is 13.2 Å². The Hall–Kier alpha value is -4.04. The van der Waals surface area contributed by atoms with Crippen molar-refractivity contribution in [1.29, 1.82) is 0 Å². The van der Waals surface area contributed by atoms with E-state index < -0.39 is 28.1 Å². The maximum atomic E-state index is 13.7. The zero-order chi connectivity index (χ0) is 26.7. The predicted octanol–water partition coefficient (Wildman–Crippen LogP) is 5.37. The highest BCUT2D eigenvalue weighted by molar-refractivity contribution is 5.70. The Morgan fingerprint density at radius 3 is 2.24 bits per heavy atom. The predicted molar refractivity (Wildman–Crippen MR) is 139 cm³/mol. The van der Waals surface area contributed by atoms with Crippen LogP contribution in [0.4, 0.5) is 20.2 Å². The molecule has 0 radical (unpaired) electrons. The topological polar surface area (TPSA) is 76.7 Å². The van der Waals surface area contributed by atoms with E-state index in [-0.39, 0.29) is 24.0 Å². The van der Waals surface area contributed by atoms with E-state index >= 15 is 0 Å². The van der Waals surface area contributed by atoms with Gasteiger partial charge >= 0.3 is 0 Å². The molecule has 0 aliphatic heterocycles. The molecule has 0 aliphatic carbocycles. The third-order valence-electron chi connectivity index (χ3n) is 5.71. The molecule has 4 aromatic carbocycles. The van der Waals surface area contributed by atoms with Gasteiger partial charge in [0, 0.05) is 12.2 Å². The average molecular weight is 507 g/mol. The van der Waals surface area contributed by atoms with Crippen molar-refractivity contribution in [1.82, 2.24) is 5.32 Å². The van der Waals surface area contributed by atoms with Gasteiger partial charge in [-0.1, -0.05) is 30.3 Å². The van der Waals surface area contributed by atoms with Crippen molar-refractivity contribution >= 4 is 11.4 Å². The molecule has 0 fully saturated rings. The van der Waals surface area contributed by atoms with Gasteiger partial charge in [-0.2, -0.15) is 0 Å². The molecule has 0 amide bonds. The fraction of sp³-hybridized carbons (Fsp3) is 0.241. The fourth-order valence-corrected chi connectivity index (χ4v) is 3.92. The maximum absolute atomic E-state index is 13.7. The van der Waals surface area contributed by atoms with Crippen LogP contribution < -0.4 is 31.0 Å². The smallest absolute Gasteiger partial charge is 0.272 e. The first kappa shape index (κ1) is 26.0. The number of methoxy groups -OCH3 is 1. The van der Waals surface area contributed by atoms with E-state index in [9.17, 15) is 18.4 Å². The molecule has 0 aliphatic rings. The van der Waals surface area contributed by atoms with Crippen molar-refractivity contribution in [3.05, 3.63) is 116 Å². The summed E-state index contributed by atoms with van der Waals surface area (Å²) < 4.78 is 38.1. The third-order valence-corrected chi connectivity index (χ3v) is 5.71. The van der Waals surface area contributed by atoms with Crippen LogP contribution in [0.5, 0.6) is 11.5 Å². The van der Waals surface area contributed by atoms with E-state index in [4.69, 9.17) is 9.47 Å². The highest BCUT2D eigenvalue weighted by Crippen LogP contribution is 2.30. The molecule has 192 valence electrons. The summed E-state index contributed by atoms with van der Waals surface area (Å²) in [6.45, 7) is 5.67. The van der Waals surface area contributed by atoms with Gasteiger partial charge in [0.25, 0.3) is 10.9 Å². The zero-order valence-corrected chi connectivity index (χ0v) is 21.0. The Morgan fingerprint density at radius 1 is 0.865 bits per heavy atom. The molecule has 37 heavy (non-hydrogen) atoms. The Bertz CT molecular complexity index is 1470. The lowest BCUT2D eigenvalue weighted by Crippen LogP contribution is -2.39. The average Bonchev–Trinajstić information content (AvgIpc) is 2.88. The van der Waals surface area contributed by atoms with E-state index in [2.05, 4.69) is 10.6 Å². The van der Waals surface area contributed by atoms with Gasteiger partial charge in [0.1, 0.15) is 17.0 Å². The maximum Gasteiger partial charge on any atom is 0.272 e. The molecule has 0 saturated heterocycles. The van der Waals surface area contributed by atoms with Crippen LogP contribution >= 0.6 is 0 Å². The first-order valence-corrected chi connectivity index (χ1v) is 11.8. The summed E-state index contributed by atoms with van der Waals surface area (Å²) in [5, 5.41) is 6.43. The van der Waals surface area contributed by atoms with Crippen LogP contribution in [-0.2, 0) is 6.54 Å². The number of halogens is 2. The van der Waals surface area contributed by atoms with Crippen molar-refractivity contribution in [2.45, 2.75) is 39.0 Å². The second-order valence-corrected chi connectivity index (χ2v) is 9.66. The number of hydrogen-bond acceptors (Lipinski definition) is 6. The van der Waals surface area contributed by atoms with Crippen molar-refractivity contribution in [2.75, 3.05) is 12.4 Å². The normalized spacial score (nSPS) is 12.4. The van der Waals surface area contributed by atoms with Crippen LogP contribution in [0, 0.1) is 11.6 Å². The Kier molecular flexibility index (Phi) is 7.40. The minimum absolute atomic E-state index is 0.0195. The molecule has 0 heterocycles. The quantitative estimate of drug-likeness (QED) is 0.297. The first-order chi connectivity index (χ1) is 17.6. The third kappa shape index (κ3) is 6.03. The summed E-state index contributed by atoms with van der Waals surface area (Å²) in [5.41, 5.74) is 1.12. The molecular weight excluding hydrogens is 478 g/mol. The number of rotatable bonds is 9. The van der Waals surface area contributed by atoms with Crippen molar-refractivity contribution < 1.29 is 18.3 Å². The summed E-state index contributed by atoms with van der Waals surface area (Å²) in [6.07, 6.45) is 0. The molecule has 8 heteroatoms. The van der Waals surface area contributed by atoms with Crippen molar-refractivity contribution in [2.24, 2.45) is 0 Å². The van der Waals surface area contributed by atoms with Crippen LogP contribution in [0.15, 0.2) is 76.3 Å². The summed E-state index contributed by atoms with van der Waals surface area (Å²) >= 11 is 0. The molecule has 0 saturated carbocycles. The van der Waals surface area contributed by atoms with E-state index in [0.717, 1.165) is 23.3 Å². The van der Waals surface area contributed by atoms with Gasteiger partial charge < -0.3 is 20.1 Å². The van der Waals surface area contributed by atoms with E-state index in [1.807, 2.05) is 42.5 Å². The molecule has 1 atom stereocenters. The van der Waals surface area contributed by atoms with E-state index in [0.29, 0.717) is 17.0 Å². The number of nitrogens with one attached hydrogen (secondary N) is 2. The lowest BCUT2D eigenvalue weighted by Gasteiger charge is -2.24. The Labute approximate surface area is 213 Å². The SMILES string of the molecule is COc1ccc(C(NCc2ccc(F)c(F)c2)c2cccc(Nc3c(OC(C)(C)C)c(=O)c3=O)c2)cc1. The molecule has 6 nitrogen and oxygen atoms in total. The summed E-state index contributed by atoms with van der Waals surface area (Å²) in [5.74, 6) is -1.09. The summed E-state index contributed by atoms with van der Waals surface area (Å²) in [6, 6.07) is 18.3. The highest BCUT2D eigenvalue weighted by Gasteiger charge is 2.27. The van der Waals surface area contributed by atoms with Crippen LogP contribution in [0.1, 0.15) is 43.5 Å². The number of ether oxygens (including phenoxy) is 2. The van der Waals surface area contributed by atoms with Crippen LogP contribution in [-0.4, -0.2) is 12.7 Å². The zero-order valence-electron chi connectivity index (χ0n) is 21.0. The molecule has 1 unspecified atom stereocenters. The summed E-state index contributed by atoms with van der Waals surface area (Å²) in [7, 11) is 1.59. The van der Waals surface area contributed by atoms with Gasteiger partial charge in [0.2, 0.25) is 0 Å². The molecular formula is C29H28F2N2O4. The second-order valence-electron chi connectivity index (χ2n) is 9.66. The second kappa shape index (κ2) is 10.5. The van der Waals surface area contributed by atoms with Gasteiger partial charge in [-0.15, -0.1) is 0 Å². The standard InChI is InChI=1S/C29H28F2N2O4/c1-29(2,3)37-28-25(26(34)27(28)35)33-20-7-5-6-19(15-20)24(18-9-11-21(36-4)12-10-18)32-16-17-8-13-22(30)23(31)14-17/h5-15,24,32-33H,16H2,1-4H3. The van der Waals surface area contributed by atoms with Crippen molar-refractivity contribution in [3.63, 3.8) is 0 Å². The Balaban J connectivity index is 1.63. The minimum Gasteiger partial charge on any atom is -0.497 e. The lowest BCUT2D eigenvalue weighted by atomic mass is 9.97. The minimum atomic E-state index is -0.909. The molecule has 0 aromatic heterocycles. The number of benzene rings is 3. The van der Waals surface area contributed by atoms with Gasteiger partial charge in [-0.25, -0.2) is 8.78 Å². The van der Waals surface area contributed by atoms with Gasteiger partial charge in [0.15, 0.2) is 17.4 Å². The summed E-state index contributed by atoms with van der Waals surface area (Å²) in [4.78, 5) is 24.3. The fourth-order valence-electron chi connectivity index (χ4n) is 3.92. The molecule has 2 N–H and O–H groups in total. The number of anilines is 2. The lowest BCUT2D eigenvalue weighted by molar-refractivity contribution is 0.128. The van der Waals surface area contributed by atoms with Crippen molar-refractivity contribution in [3.8, 4) is 11.5 Å². The molecule has 4 aromatic rings. The van der Waals surface area contributed by atoms with E-state index in [1.165, 1.54) is 6.07 Å². The Morgan fingerprint density at radius 2 is 1.59 bits per heavy atom.